The van der Waals surface area contributed by atoms with E-state index in [1.165, 1.54) is 6.42 Å². The van der Waals surface area contributed by atoms with Gasteiger partial charge in [-0.15, -0.1) is 0 Å². The van der Waals surface area contributed by atoms with E-state index < -0.39 is 38.1 Å². The van der Waals surface area contributed by atoms with Crippen LogP contribution < -0.4 is 9.47 Å². The maximum atomic E-state index is 12.6. The largest absolute Gasteiger partial charge is 0.491 e. The summed E-state index contributed by atoms with van der Waals surface area (Å²) in [6.45, 7) is 8.53. The van der Waals surface area contributed by atoms with Gasteiger partial charge in [0.05, 0.1) is 25.4 Å². The Balaban J connectivity index is 2.31. The number of rotatable bonds is 26. The second-order valence-electron chi connectivity index (χ2n) is 12.0. The summed E-state index contributed by atoms with van der Waals surface area (Å²) in [5.41, 5.74) is 4.10. The molecule has 0 spiro atoms. The van der Waals surface area contributed by atoms with Gasteiger partial charge in [0.1, 0.15) is 31.3 Å². The topological polar surface area (TPSA) is 115 Å². The number of unbranched alkanes of at least 4 members (excludes halogenated alkanes) is 7. The first-order valence-electron chi connectivity index (χ1n) is 17.1. The number of halogens is 3. The first-order valence-corrected chi connectivity index (χ1v) is 17.1. The summed E-state index contributed by atoms with van der Waals surface area (Å²) < 4.78 is 60.1. The predicted octanol–water partition coefficient (Wildman–Crippen LogP) is 7.65. The van der Waals surface area contributed by atoms with Crippen molar-refractivity contribution in [1.29, 1.82) is 0 Å². The quantitative estimate of drug-likeness (QED) is 0.0303. The van der Waals surface area contributed by atoms with Gasteiger partial charge in [0.25, 0.3) is 0 Å². The van der Waals surface area contributed by atoms with Crippen LogP contribution in [0.1, 0.15) is 82.3 Å². The maximum Gasteiger partial charge on any atom is 0.389 e. The first-order chi connectivity index (χ1) is 23.5. The van der Waals surface area contributed by atoms with Crippen LogP contribution in [-0.4, -0.2) is 73.4 Å². The van der Waals surface area contributed by atoms with Crippen LogP contribution in [0.15, 0.2) is 60.7 Å². The summed E-state index contributed by atoms with van der Waals surface area (Å²) in [7, 11) is 0. The number of ether oxygens (including phenoxy) is 4. The summed E-state index contributed by atoms with van der Waals surface area (Å²) in [6, 6.07) is 11.6. The normalized spacial score (nSPS) is 12.1. The number of aliphatic hydroxyl groups excluding tert-OH is 3. The lowest BCUT2D eigenvalue weighted by atomic mass is 9.90. The molecule has 274 valence electrons. The molecule has 8 nitrogen and oxygen atoms in total. The van der Waals surface area contributed by atoms with Crippen LogP contribution in [0.3, 0.4) is 0 Å². The van der Waals surface area contributed by atoms with Gasteiger partial charge in [0.15, 0.2) is 6.29 Å². The molecule has 11 heteroatoms. The standard InChI is InChI=1S/C38H53F3O8/c1-4-5-6-7-10-13-30-15-17-32(46-20-22-48-36(44)28(2)26-42)24-34(30)35-25-33(47-21-23-49-37(45)29(3)27-43)18-16-31(35)14-11-8-9-12-19-38(39,40)41/h15-18,24-25,37,42-43,45H,2-14,19-23,26-27H2,1H3. The van der Waals surface area contributed by atoms with E-state index in [0.29, 0.717) is 30.8 Å². The van der Waals surface area contributed by atoms with Gasteiger partial charge in [-0.1, -0.05) is 70.7 Å². The third-order valence-corrected chi connectivity index (χ3v) is 7.90. The van der Waals surface area contributed by atoms with Gasteiger partial charge in [-0.3, -0.25) is 0 Å². The second kappa shape index (κ2) is 23.1. The minimum absolute atomic E-state index is 0.0301. The van der Waals surface area contributed by atoms with Crippen LogP contribution in [0.25, 0.3) is 11.1 Å². The molecule has 0 saturated carbocycles. The molecule has 0 radical (unpaired) electrons. The molecule has 1 atom stereocenters. The molecule has 0 aliphatic carbocycles. The van der Waals surface area contributed by atoms with E-state index in [1.54, 1.807) is 0 Å². The van der Waals surface area contributed by atoms with Crippen LogP contribution in [-0.2, 0) is 27.1 Å². The molecule has 0 heterocycles. The van der Waals surface area contributed by atoms with Gasteiger partial charge in [-0.25, -0.2) is 4.79 Å². The van der Waals surface area contributed by atoms with Gasteiger partial charge in [-0.05, 0) is 78.6 Å². The number of hydrogen-bond donors (Lipinski definition) is 3. The Morgan fingerprint density at radius 3 is 1.80 bits per heavy atom. The molecule has 2 aromatic rings. The molecule has 2 aromatic carbocycles. The van der Waals surface area contributed by atoms with Gasteiger partial charge >= 0.3 is 12.1 Å². The van der Waals surface area contributed by atoms with E-state index in [-0.39, 0.29) is 44.0 Å². The van der Waals surface area contributed by atoms with E-state index in [1.807, 2.05) is 36.4 Å². The maximum absolute atomic E-state index is 12.6. The van der Waals surface area contributed by atoms with Crippen molar-refractivity contribution in [1.82, 2.24) is 0 Å². The number of aryl methyl sites for hydroxylation is 2. The minimum atomic E-state index is -4.14. The Bertz CT molecular complexity index is 1290. The van der Waals surface area contributed by atoms with Gasteiger partial charge in [0, 0.05) is 12.0 Å². The van der Waals surface area contributed by atoms with Crippen molar-refractivity contribution in [3.05, 3.63) is 71.8 Å². The fraction of sp³-hybridized carbons (Fsp3) is 0.553. The van der Waals surface area contributed by atoms with Crippen molar-refractivity contribution < 1.29 is 52.2 Å². The fourth-order valence-electron chi connectivity index (χ4n) is 5.12. The Labute approximate surface area is 288 Å². The van der Waals surface area contributed by atoms with Gasteiger partial charge < -0.3 is 34.3 Å². The molecular formula is C38H53F3O8. The highest BCUT2D eigenvalue weighted by Gasteiger charge is 2.25. The minimum Gasteiger partial charge on any atom is -0.491 e. The molecule has 0 aliphatic rings. The van der Waals surface area contributed by atoms with Crippen LogP contribution in [0.5, 0.6) is 11.5 Å². The first kappa shape index (κ1) is 41.8. The van der Waals surface area contributed by atoms with Crippen molar-refractivity contribution in [2.24, 2.45) is 0 Å². The van der Waals surface area contributed by atoms with Crippen LogP contribution >= 0.6 is 0 Å². The lowest BCUT2D eigenvalue weighted by Crippen LogP contribution is -2.20. The van der Waals surface area contributed by atoms with E-state index in [2.05, 4.69) is 20.1 Å². The molecule has 49 heavy (non-hydrogen) atoms. The van der Waals surface area contributed by atoms with Crippen LogP contribution in [0, 0.1) is 0 Å². The van der Waals surface area contributed by atoms with E-state index in [4.69, 9.17) is 29.2 Å². The highest BCUT2D eigenvalue weighted by atomic mass is 19.4. The molecule has 0 aliphatic heterocycles. The predicted molar refractivity (Wildman–Crippen MR) is 184 cm³/mol. The zero-order chi connectivity index (χ0) is 36.1. The average Bonchev–Trinajstić information content (AvgIpc) is 3.09. The highest BCUT2D eigenvalue weighted by Crippen LogP contribution is 2.35. The van der Waals surface area contributed by atoms with Crippen molar-refractivity contribution >= 4 is 5.97 Å². The number of esters is 1. The molecule has 2 rings (SSSR count). The summed E-state index contributed by atoms with van der Waals surface area (Å²) >= 11 is 0. The molecule has 0 saturated heterocycles. The zero-order valence-corrected chi connectivity index (χ0v) is 28.7. The van der Waals surface area contributed by atoms with Crippen molar-refractivity contribution in [2.45, 2.75) is 96.4 Å². The summed E-state index contributed by atoms with van der Waals surface area (Å²) in [6.07, 6.45) is 2.84. The number of hydrogen-bond acceptors (Lipinski definition) is 8. The highest BCUT2D eigenvalue weighted by molar-refractivity contribution is 5.87. The Kier molecular flexibility index (Phi) is 19.7. The third kappa shape index (κ3) is 16.7. The van der Waals surface area contributed by atoms with Crippen LogP contribution in [0.2, 0.25) is 0 Å². The fourth-order valence-corrected chi connectivity index (χ4v) is 5.12. The molecule has 1 unspecified atom stereocenters. The Hall–Kier alpha value is -3.38. The molecule has 0 amide bonds. The number of alkyl halides is 3. The number of carbonyl (C=O) groups is 1. The summed E-state index contributed by atoms with van der Waals surface area (Å²) in [5.74, 6) is 0.445. The molecule has 0 aromatic heterocycles. The van der Waals surface area contributed by atoms with E-state index >= 15 is 0 Å². The number of aliphatic hydroxyl groups is 3. The smallest absolute Gasteiger partial charge is 0.389 e. The summed E-state index contributed by atoms with van der Waals surface area (Å²) in [5, 5.41) is 28.1. The lowest BCUT2D eigenvalue weighted by molar-refractivity contribution is -0.140. The van der Waals surface area contributed by atoms with Crippen molar-refractivity contribution in [2.75, 3.05) is 39.6 Å². The zero-order valence-electron chi connectivity index (χ0n) is 28.7. The number of carbonyl (C=O) groups excluding carboxylic acids is 1. The monoisotopic (exact) mass is 694 g/mol. The second-order valence-corrected chi connectivity index (χ2v) is 12.0. The average molecular weight is 695 g/mol. The van der Waals surface area contributed by atoms with Crippen LogP contribution in [0.4, 0.5) is 13.2 Å². The van der Waals surface area contributed by atoms with Gasteiger partial charge in [0.2, 0.25) is 0 Å². The lowest BCUT2D eigenvalue weighted by Gasteiger charge is -2.18. The van der Waals surface area contributed by atoms with Gasteiger partial charge in [-0.2, -0.15) is 13.2 Å². The van der Waals surface area contributed by atoms with E-state index in [0.717, 1.165) is 60.8 Å². The third-order valence-electron chi connectivity index (χ3n) is 7.90. The number of benzene rings is 2. The molecular weight excluding hydrogens is 641 g/mol. The van der Waals surface area contributed by atoms with Crippen molar-refractivity contribution in [3.63, 3.8) is 0 Å². The Morgan fingerprint density at radius 2 is 1.29 bits per heavy atom. The summed E-state index contributed by atoms with van der Waals surface area (Å²) in [4.78, 5) is 11.8. The van der Waals surface area contributed by atoms with E-state index in [9.17, 15) is 23.1 Å². The van der Waals surface area contributed by atoms with Crippen molar-refractivity contribution in [3.8, 4) is 22.6 Å². The SMILES string of the molecule is C=C(CO)C(=O)OCCOc1ccc(CCCCCCC)c(-c2cc(OCCOC(O)C(=C)CO)ccc2CCCCCCC(F)(F)F)c1. The molecule has 3 N–H and O–H groups in total. The Morgan fingerprint density at radius 1 is 0.755 bits per heavy atom. The molecule has 0 fully saturated rings. The molecule has 0 bridgehead atoms.